The summed E-state index contributed by atoms with van der Waals surface area (Å²) in [4.78, 5) is 14.6. The van der Waals surface area contributed by atoms with Gasteiger partial charge in [-0.15, -0.1) is 21.5 Å². The zero-order valence-corrected chi connectivity index (χ0v) is 19.5. The molecule has 31 heavy (non-hydrogen) atoms. The Bertz CT molecular complexity index is 1100. The molecule has 4 heterocycles. The van der Waals surface area contributed by atoms with Crippen LogP contribution in [-0.4, -0.2) is 37.8 Å². The van der Waals surface area contributed by atoms with Crippen LogP contribution in [0.1, 0.15) is 73.7 Å². The Labute approximate surface area is 190 Å². The smallest absolute Gasteiger partial charge is 0.228 e. The molecule has 7 nitrogen and oxygen atoms in total. The van der Waals surface area contributed by atoms with Crippen LogP contribution in [0.4, 0.5) is 11.8 Å². The second kappa shape index (κ2) is 8.24. The van der Waals surface area contributed by atoms with Gasteiger partial charge in [0.1, 0.15) is 16.5 Å². The Morgan fingerprint density at radius 3 is 2.61 bits per heavy atom. The standard InChI is InChI=1S/C22H29N7S2/c23-19-18-15-7-3-1-4-8-16(15)31-20(18)25-17(24-19)13-30-22-27-26-21(29(22)14-9-10-14)28-11-5-2-6-12-28/h14H,1-13H2,(H2,23,24,25). The minimum absolute atomic E-state index is 0.552. The van der Waals surface area contributed by atoms with E-state index in [1.165, 1.54) is 61.8 Å². The van der Waals surface area contributed by atoms with E-state index in [1.54, 1.807) is 11.8 Å². The number of hydrogen-bond donors (Lipinski definition) is 1. The number of nitrogen functional groups attached to an aromatic ring is 1. The largest absolute Gasteiger partial charge is 0.383 e. The molecule has 0 amide bonds. The Morgan fingerprint density at radius 1 is 0.968 bits per heavy atom. The lowest BCUT2D eigenvalue weighted by Gasteiger charge is -2.27. The van der Waals surface area contributed by atoms with Crippen LogP contribution in [0.3, 0.4) is 0 Å². The number of piperidine rings is 1. The molecule has 9 heteroatoms. The Balaban J connectivity index is 1.25. The Kier molecular flexibility index (Phi) is 5.26. The van der Waals surface area contributed by atoms with E-state index in [-0.39, 0.29) is 0 Å². The normalized spacial score (nSPS) is 19.5. The number of nitrogens with zero attached hydrogens (tertiary/aromatic N) is 6. The minimum Gasteiger partial charge on any atom is -0.383 e. The van der Waals surface area contributed by atoms with Crippen molar-refractivity contribution in [3.8, 4) is 0 Å². The zero-order valence-electron chi connectivity index (χ0n) is 17.8. The number of anilines is 2. The molecule has 0 unspecified atom stereocenters. The van der Waals surface area contributed by atoms with Crippen molar-refractivity contribution in [3.05, 3.63) is 16.3 Å². The van der Waals surface area contributed by atoms with Crippen molar-refractivity contribution >= 4 is 45.1 Å². The van der Waals surface area contributed by atoms with Gasteiger partial charge in [0.05, 0.1) is 11.1 Å². The zero-order chi connectivity index (χ0) is 20.8. The van der Waals surface area contributed by atoms with Crippen LogP contribution in [-0.2, 0) is 18.6 Å². The maximum atomic E-state index is 6.44. The predicted molar refractivity (Wildman–Crippen MR) is 127 cm³/mol. The lowest BCUT2D eigenvalue weighted by Crippen LogP contribution is -2.31. The van der Waals surface area contributed by atoms with Crippen molar-refractivity contribution in [1.82, 2.24) is 24.7 Å². The van der Waals surface area contributed by atoms with Crippen LogP contribution in [0.15, 0.2) is 5.16 Å². The Hall–Kier alpha value is -1.87. The fourth-order valence-electron chi connectivity index (χ4n) is 4.93. The van der Waals surface area contributed by atoms with Gasteiger partial charge in [0.25, 0.3) is 0 Å². The summed E-state index contributed by atoms with van der Waals surface area (Å²) < 4.78 is 2.37. The van der Waals surface area contributed by atoms with Crippen molar-refractivity contribution < 1.29 is 0 Å². The molecule has 2 N–H and O–H groups in total. The van der Waals surface area contributed by atoms with E-state index in [9.17, 15) is 0 Å². The third-order valence-electron chi connectivity index (χ3n) is 6.67. The van der Waals surface area contributed by atoms with Gasteiger partial charge in [-0.2, -0.15) is 0 Å². The third-order valence-corrected chi connectivity index (χ3v) is 8.79. The Morgan fingerprint density at radius 2 is 1.77 bits per heavy atom. The van der Waals surface area contributed by atoms with Crippen LogP contribution in [0, 0.1) is 0 Å². The molecule has 3 aromatic heterocycles. The highest BCUT2D eigenvalue weighted by molar-refractivity contribution is 7.98. The number of thioether (sulfide) groups is 1. The van der Waals surface area contributed by atoms with Gasteiger partial charge >= 0.3 is 0 Å². The summed E-state index contributed by atoms with van der Waals surface area (Å²) in [7, 11) is 0. The average Bonchev–Trinajstić information content (AvgIpc) is 3.50. The highest BCUT2D eigenvalue weighted by Gasteiger charge is 2.32. The number of fused-ring (bicyclic) bond motifs is 3. The van der Waals surface area contributed by atoms with Gasteiger partial charge in [0.15, 0.2) is 5.16 Å². The molecular formula is C22H29N7S2. The monoisotopic (exact) mass is 455 g/mol. The first kappa shape index (κ1) is 19.8. The molecular weight excluding hydrogens is 426 g/mol. The van der Waals surface area contributed by atoms with Crippen molar-refractivity contribution in [3.63, 3.8) is 0 Å². The first-order valence-corrected chi connectivity index (χ1v) is 13.5. The number of rotatable bonds is 5. The summed E-state index contributed by atoms with van der Waals surface area (Å²) >= 11 is 3.52. The molecule has 0 spiro atoms. The van der Waals surface area contributed by atoms with Gasteiger partial charge < -0.3 is 10.6 Å². The van der Waals surface area contributed by atoms with E-state index in [0.29, 0.717) is 17.6 Å². The summed E-state index contributed by atoms with van der Waals surface area (Å²) in [6, 6.07) is 0.552. The SMILES string of the molecule is Nc1nc(CSc2nnc(N3CCCCC3)n2C2CC2)nc2sc3c(c12)CCCCC3. The highest BCUT2D eigenvalue weighted by atomic mass is 32.2. The molecule has 6 rings (SSSR count). The van der Waals surface area contributed by atoms with Crippen molar-refractivity contribution in [1.29, 1.82) is 0 Å². The number of aromatic nitrogens is 5. The van der Waals surface area contributed by atoms with Crippen molar-refractivity contribution in [2.75, 3.05) is 23.7 Å². The van der Waals surface area contributed by atoms with Crippen LogP contribution >= 0.6 is 23.1 Å². The molecule has 2 fully saturated rings. The van der Waals surface area contributed by atoms with E-state index >= 15 is 0 Å². The van der Waals surface area contributed by atoms with E-state index < -0.39 is 0 Å². The van der Waals surface area contributed by atoms with Crippen molar-refractivity contribution in [2.45, 2.75) is 81.2 Å². The third kappa shape index (κ3) is 3.80. The second-order valence-electron chi connectivity index (χ2n) is 8.99. The summed E-state index contributed by atoms with van der Waals surface area (Å²) in [5.74, 6) is 3.18. The summed E-state index contributed by atoms with van der Waals surface area (Å²) in [5, 5.41) is 11.3. The molecule has 0 bridgehead atoms. The van der Waals surface area contributed by atoms with Crippen LogP contribution in [0.25, 0.3) is 10.2 Å². The molecule has 1 saturated carbocycles. The minimum atomic E-state index is 0.552. The molecule has 164 valence electrons. The average molecular weight is 456 g/mol. The maximum Gasteiger partial charge on any atom is 0.228 e. The van der Waals surface area contributed by atoms with Crippen molar-refractivity contribution in [2.24, 2.45) is 0 Å². The van der Waals surface area contributed by atoms with Gasteiger partial charge in [0.2, 0.25) is 5.95 Å². The summed E-state index contributed by atoms with van der Waals surface area (Å²) in [6.45, 7) is 2.18. The van der Waals surface area contributed by atoms with Gasteiger partial charge in [-0.1, -0.05) is 18.2 Å². The molecule has 0 aromatic carbocycles. The van der Waals surface area contributed by atoms with Gasteiger partial charge in [-0.05, 0) is 63.4 Å². The maximum absolute atomic E-state index is 6.44. The van der Waals surface area contributed by atoms with E-state index in [1.807, 2.05) is 11.3 Å². The first-order chi connectivity index (χ1) is 15.3. The number of aryl methyl sites for hydroxylation is 2. The molecule has 2 aliphatic carbocycles. The summed E-state index contributed by atoms with van der Waals surface area (Å²) in [5.41, 5.74) is 7.85. The van der Waals surface area contributed by atoms with Crippen LogP contribution in [0.2, 0.25) is 0 Å². The van der Waals surface area contributed by atoms with Gasteiger partial charge in [-0.25, -0.2) is 9.97 Å². The first-order valence-electron chi connectivity index (χ1n) is 11.7. The lowest BCUT2D eigenvalue weighted by molar-refractivity contribution is 0.548. The fraction of sp³-hybridized carbons (Fsp3) is 0.636. The number of thiophene rings is 1. The highest BCUT2D eigenvalue weighted by Crippen LogP contribution is 2.42. The van der Waals surface area contributed by atoms with Gasteiger partial charge in [-0.3, -0.25) is 4.57 Å². The van der Waals surface area contributed by atoms with E-state index in [0.717, 1.165) is 53.1 Å². The summed E-state index contributed by atoms with van der Waals surface area (Å²) in [6.07, 6.45) is 12.4. The second-order valence-corrected chi connectivity index (χ2v) is 11.0. The molecule has 3 aromatic rings. The molecule has 0 radical (unpaired) electrons. The lowest BCUT2D eigenvalue weighted by atomic mass is 10.1. The number of hydrogen-bond acceptors (Lipinski definition) is 8. The fourth-order valence-corrected chi connectivity index (χ4v) is 7.08. The van der Waals surface area contributed by atoms with E-state index in [2.05, 4.69) is 19.7 Å². The molecule has 1 aliphatic heterocycles. The number of nitrogens with two attached hydrogens (primary N) is 1. The molecule has 3 aliphatic rings. The van der Waals surface area contributed by atoms with Crippen LogP contribution < -0.4 is 10.6 Å². The quantitative estimate of drug-likeness (QED) is 0.439. The topological polar surface area (TPSA) is 85.7 Å². The predicted octanol–water partition coefficient (Wildman–Crippen LogP) is 4.75. The molecule has 0 atom stereocenters. The van der Waals surface area contributed by atoms with E-state index in [4.69, 9.17) is 15.7 Å². The van der Waals surface area contributed by atoms with Crippen LogP contribution in [0.5, 0.6) is 0 Å². The molecule has 1 saturated heterocycles. The van der Waals surface area contributed by atoms with Gasteiger partial charge in [0, 0.05) is 24.0 Å².